The van der Waals surface area contributed by atoms with E-state index < -0.39 is 0 Å². The molecule has 0 atom stereocenters. The van der Waals surface area contributed by atoms with Gasteiger partial charge in [0.05, 0.1) is 0 Å². The first-order valence-corrected chi connectivity index (χ1v) is 11.5. The van der Waals surface area contributed by atoms with Crippen molar-refractivity contribution in [2.45, 2.75) is 33.1 Å². The minimum absolute atomic E-state index is 0.196. The first kappa shape index (κ1) is 22.4. The Labute approximate surface area is 181 Å². The fourth-order valence-electron chi connectivity index (χ4n) is 3.74. The standard InChI is InChI=1S/C23H38N6O/c1-3-24-23(27-12-11-25-22(30)20-8-9-20)26-10-5-13-28-14-16-29(17-15-28)21-7-4-6-19(2)18-21/h4,6-7,18,20H,3,5,8-17H2,1-2H3,(H,25,30)(H2,24,26,27). The third kappa shape index (κ3) is 7.52. The quantitative estimate of drug-likeness (QED) is 0.308. The number of aliphatic imine (C=N–C) groups is 1. The molecular weight excluding hydrogens is 376 g/mol. The summed E-state index contributed by atoms with van der Waals surface area (Å²) in [5, 5.41) is 9.56. The number of aryl methyl sites for hydroxylation is 1. The summed E-state index contributed by atoms with van der Waals surface area (Å²) in [5.74, 6) is 1.30. The average Bonchev–Trinajstić information content (AvgIpc) is 3.60. The Morgan fingerprint density at radius 3 is 2.57 bits per heavy atom. The first-order valence-electron chi connectivity index (χ1n) is 11.5. The second-order valence-electron chi connectivity index (χ2n) is 8.27. The van der Waals surface area contributed by atoms with Crippen LogP contribution in [0.1, 0.15) is 31.7 Å². The van der Waals surface area contributed by atoms with Gasteiger partial charge < -0.3 is 20.9 Å². The van der Waals surface area contributed by atoms with Crippen LogP contribution in [0, 0.1) is 12.8 Å². The zero-order valence-corrected chi connectivity index (χ0v) is 18.6. The van der Waals surface area contributed by atoms with Gasteiger partial charge in [-0.1, -0.05) is 12.1 Å². The van der Waals surface area contributed by atoms with Gasteiger partial charge in [-0.25, -0.2) is 0 Å². The molecule has 1 saturated carbocycles. The Morgan fingerprint density at radius 2 is 1.87 bits per heavy atom. The largest absolute Gasteiger partial charge is 0.369 e. The van der Waals surface area contributed by atoms with E-state index in [0.29, 0.717) is 13.1 Å². The van der Waals surface area contributed by atoms with Crippen molar-refractivity contribution in [1.29, 1.82) is 0 Å². The van der Waals surface area contributed by atoms with Crippen molar-refractivity contribution in [3.05, 3.63) is 29.8 Å². The van der Waals surface area contributed by atoms with Crippen LogP contribution in [0.15, 0.2) is 29.3 Å². The number of carbonyl (C=O) groups excluding carboxylic acids is 1. The normalized spacial score (nSPS) is 17.7. The summed E-state index contributed by atoms with van der Waals surface area (Å²) in [7, 11) is 0. The van der Waals surface area contributed by atoms with Gasteiger partial charge >= 0.3 is 0 Å². The molecule has 0 spiro atoms. The maximum atomic E-state index is 11.7. The summed E-state index contributed by atoms with van der Waals surface area (Å²) < 4.78 is 0. The van der Waals surface area contributed by atoms with Gasteiger partial charge in [0.25, 0.3) is 0 Å². The zero-order valence-electron chi connectivity index (χ0n) is 18.6. The van der Waals surface area contributed by atoms with E-state index in [1.807, 2.05) is 0 Å². The van der Waals surface area contributed by atoms with Crippen molar-refractivity contribution in [3.63, 3.8) is 0 Å². The summed E-state index contributed by atoms with van der Waals surface area (Å²) >= 11 is 0. The maximum Gasteiger partial charge on any atom is 0.223 e. The molecule has 1 heterocycles. The highest BCUT2D eigenvalue weighted by Crippen LogP contribution is 2.28. The molecule has 166 valence electrons. The molecule has 30 heavy (non-hydrogen) atoms. The number of carbonyl (C=O) groups is 1. The van der Waals surface area contributed by atoms with Crippen LogP contribution < -0.4 is 20.9 Å². The lowest BCUT2D eigenvalue weighted by atomic mass is 10.2. The second kappa shape index (κ2) is 11.8. The van der Waals surface area contributed by atoms with E-state index in [-0.39, 0.29) is 11.8 Å². The van der Waals surface area contributed by atoms with Crippen LogP contribution in [0.25, 0.3) is 0 Å². The average molecular weight is 415 g/mol. The Balaban J connectivity index is 1.30. The Bertz CT molecular complexity index is 695. The molecule has 7 nitrogen and oxygen atoms in total. The Hall–Kier alpha value is -2.28. The third-order valence-corrected chi connectivity index (χ3v) is 5.65. The number of benzene rings is 1. The topological polar surface area (TPSA) is 72.0 Å². The lowest BCUT2D eigenvalue weighted by Gasteiger charge is -2.36. The zero-order chi connectivity index (χ0) is 21.2. The number of hydrogen-bond donors (Lipinski definition) is 3. The summed E-state index contributed by atoms with van der Waals surface area (Å²) in [4.78, 5) is 21.4. The molecule has 3 N–H and O–H groups in total. The van der Waals surface area contributed by atoms with Gasteiger partial charge in [0.15, 0.2) is 5.96 Å². The van der Waals surface area contributed by atoms with Gasteiger partial charge in [0.1, 0.15) is 0 Å². The van der Waals surface area contributed by atoms with E-state index in [1.165, 1.54) is 11.3 Å². The van der Waals surface area contributed by atoms with Gasteiger partial charge in [0, 0.05) is 70.5 Å². The van der Waals surface area contributed by atoms with Crippen LogP contribution in [-0.2, 0) is 4.79 Å². The molecule has 0 radical (unpaired) electrons. The van der Waals surface area contributed by atoms with E-state index in [4.69, 9.17) is 0 Å². The van der Waals surface area contributed by atoms with Crippen molar-refractivity contribution in [1.82, 2.24) is 20.9 Å². The van der Waals surface area contributed by atoms with E-state index >= 15 is 0 Å². The molecular formula is C23H38N6O. The van der Waals surface area contributed by atoms with E-state index in [1.54, 1.807) is 0 Å². The number of nitrogens with zero attached hydrogens (tertiary/aromatic N) is 3. The Kier molecular flexibility index (Phi) is 8.81. The molecule has 7 heteroatoms. The van der Waals surface area contributed by atoms with E-state index in [9.17, 15) is 4.79 Å². The van der Waals surface area contributed by atoms with Crippen molar-refractivity contribution >= 4 is 17.6 Å². The summed E-state index contributed by atoms with van der Waals surface area (Å²) in [5.41, 5.74) is 2.66. The van der Waals surface area contributed by atoms with Gasteiger partial charge in [-0.05, 0) is 50.8 Å². The Morgan fingerprint density at radius 1 is 1.10 bits per heavy atom. The number of amides is 1. The van der Waals surface area contributed by atoms with E-state index in [0.717, 1.165) is 71.0 Å². The van der Waals surface area contributed by atoms with Gasteiger partial charge in [-0.3, -0.25) is 14.7 Å². The van der Waals surface area contributed by atoms with Crippen molar-refractivity contribution < 1.29 is 4.79 Å². The minimum Gasteiger partial charge on any atom is -0.369 e. The summed E-state index contributed by atoms with van der Waals surface area (Å²) in [6.45, 7) is 12.7. The van der Waals surface area contributed by atoms with Gasteiger partial charge in [-0.2, -0.15) is 0 Å². The predicted octanol–water partition coefficient (Wildman–Crippen LogP) is 1.59. The molecule has 0 unspecified atom stereocenters. The van der Waals surface area contributed by atoms with Gasteiger partial charge in [0.2, 0.25) is 5.91 Å². The highest BCUT2D eigenvalue weighted by molar-refractivity contribution is 5.81. The monoisotopic (exact) mass is 414 g/mol. The molecule has 1 aromatic carbocycles. The van der Waals surface area contributed by atoms with Crippen LogP contribution >= 0.6 is 0 Å². The second-order valence-corrected chi connectivity index (χ2v) is 8.27. The molecule has 2 aliphatic rings. The van der Waals surface area contributed by atoms with Crippen LogP contribution in [0.2, 0.25) is 0 Å². The molecule has 2 fully saturated rings. The molecule has 3 rings (SSSR count). The number of hydrogen-bond acceptors (Lipinski definition) is 4. The van der Waals surface area contributed by atoms with Crippen LogP contribution in [-0.4, -0.2) is 75.7 Å². The number of rotatable bonds is 10. The van der Waals surface area contributed by atoms with Crippen LogP contribution in [0.5, 0.6) is 0 Å². The number of nitrogens with one attached hydrogen (secondary N) is 3. The smallest absolute Gasteiger partial charge is 0.223 e. The first-order chi connectivity index (χ1) is 14.7. The lowest BCUT2D eigenvalue weighted by Crippen LogP contribution is -2.46. The molecule has 0 aromatic heterocycles. The van der Waals surface area contributed by atoms with Gasteiger partial charge in [-0.15, -0.1) is 0 Å². The highest BCUT2D eigenvalue weighted by atomic mass is 16.2. The SMILES string of the molecule is CCNC(=NCCCN1CCN(c2cccc(C)c2)CC1)NCCNC(=O)C1CC1. The highest BCUT2D eigenvalue weighted by Gasteiger charge is 2.28. The predicted molar refractivity (Wildman–Crippen MR) is 124 cm³/mol. The van der Waals surface area contributed by atoms with E-state index in [2.05, 4.69) is 68.9 Å². The number of anilines is 1. The summed E-state index contributed by atoms with van der Waals surface area (Å²) in [6.07, 6.45) is 3.15. The van der Waals surface area contributed by atoms with Crippen molar-refractivity contribution in [2.24, 2.45) is 10.9 Å². The van der Waals surface area contributed by atoms with Crippen molar-refractivity contribution in [2.75, 3.05) is 63.8 Å². The molecule has 1 amide bonds. The molecule has 1 aromatic rings. The van der Waals surface area contributed by atoms with Crippen LogP contribution in [0.4, 0.5) is 5.69 Å². The fraction of sp³-hybridized carbons (Fsp3) is 0.652. The lowest BCUT2D eigenvalue weighted by molar-refractivity contribution is -0.122. The molecule has 1 saturated heterocycles. The van der Waals surface area contributed by atoms with Crippen molar-refractivity contribution in [3.8, 4) is 0 Å². The molecule has 0 bridgehead atoms. The third-order valence-electron chi connectivity index (χ3n) is 5.65. The summed E-state index contributed by atoms with van der Waals surface area (Å²) in [6, 6.07) is 8.79. The fourth-order valence-corrected chi connectivity index (χ4v) is 3.74. The minimum atomic E-state index is 0.196. The molecule has 1 aliphatic carbocycles. The molecule has 1 aliphatic heterocycles. The van der Waals surface area contributed by atoms with Crippen LogP contribution in [0.3, 0.4) is 0 Å². The number of piperazine rings is 1. The maximum absolute atomic E-state index is 11.7. The number of guanidine groups is 1.